The number of ketones is 1. The fraction of sp³-hybridized carbons (Fsp3) is 0.278. The summed E-state index contributed by atoms with van der Waals surface area (Å²) in [5.74, 6) is 0.587. The molecule has 354 valence electrons. The molecule has 2 unspecified atom stereocenters. The third kappa shape index (κ3) is 12.6. The molecule has 2 saturated carbocycles. The number of carbonyl (C=O) groups is 1. The van der Waals surface area contributed by atoms with Crippen LogP contribution < -0.4 is 11.1 Å². The molecule has 0 bridgehead atoms. The summed E-state index contributed by atoms with van der Waals surface area (Å²) in [4.78, 5) is 28.7. The standard InChI is InChI=1S/C27H27ClFN5.C19H17ClN4O.C8H10FN/c1-17(18-4-10-22(29)11-5-18)32-23-12-6-20(7-13-23)27-25(24-14-15-30-16-31-24)26(33-34-27)19-2-8-21(28)9-3-19;20-14-5-1-12(2-6-14)18-17(16-9-10-21-11-22-16)19(24-23-18)13-3-7-15(25)8-4-13;1-6(10)7-2-4-8(9)5-3-7/h2-5,8-11,14-17,20,23,32H,6-7,12-13H2,1H3,(H,33,34);1-2,5-6,9-11,13H,3-4,7-8H2,(H,23,24);2-6H,10H2,1H3. The van der Waals surface area contributed by atoms with Crippen LogP contribution in [0.25, 0.3) is 45.0 Å². The Balaban J connectivity index is 0.000000160. The van der Waals surface area contributed by atoms with Gasteiger partial charge in [-0.1, -0.05) is 71.7 Å². The molecule has 0 aliphatic heterocycles. The minimum atomic E-state index is -0.218. The maximum atomic E-state index is 13.3. The van der Waals surface area contributed by atoms with Gasteiger partial charge in [-0.05, 0) is 124 Å². The van der Waals surface area contributed by atoms with Crippen LogP contribution in [0.1, 0.15) is 112 Å². The Kier molecular flexibility index (Phi) is 16.4. The quantitative estimate of drug-likeness (QED) is 0.104. The van der Waals surface area contributed by atoms with Gasteiger partial charge in [0.2, 0.25) is 0 Å². The van der Waals surface area contributed by atoms with Gasteiger partial charge in [0.25, 0.3) is 0 Å². The Hall–Kier alpha value is -6.51. The zero-order valence-electron chi connectivity index (χ0n) is 38.4. The van der Waals surface area contributed by atoms with E-state index in [1.807, 2.05) is 79.7 Å². The number of hydrogen-bond donors (Lipinski definition) is 4. The molecule has 0 spiro atoms. The van der Waals surface area contributed by atoms with Crippen molar-refractivity contribution < 1.29 is 13.6 Å². The number of aromatic amines is 2. The zero-order chi connectivity index (χ0) is 48.3. The zero-order valence-corrected chi connectivity index (χ0v) is 39.9. The molecule has 4 aromatic heterocycles. The monoisotopic (exact) mass is 966 g/mol. The number of halogens is 4. The highest BCUT2D eigenvalue weighted by molar-refractivity contribution is 6.31. The number of nitrogens with zero attached hydrogens (tertiary/aromatic N) is 6. The molecule has 11 nitrogen and oxygen atoms in total. The molecule has 2 atom stereocenters. The maximum Gasteiger partial charge on any atom is 0.132 e. The number of nitrogens with one attached hydrogen (secondary N) is 3. The lowest BCUT2D eigenvalue weighted by molar-refractivity contribution is -0.120. The van der Waals surface area contributed by atoms with E-state index >= 15 is 0 Å². The Morgan fingerprint density at radius 1 is 0.594 bits per heavy atom. The smallest absolute Gasteiger partial charge is 0.132 e. The van der Waals surface area contributed by atoms with Gasteiger partial charge in [-0.25, -0.2) is 28.7 Å². The van der Waals surface area contributed by atoms with E-state index in [0.29, 0.717) is 40.6 Å². The van der Waals surface area contributed by atoms with Gasteiger partial charge in [-0.2, -0.15) is 10.2 Å². The highest BCUT2D eigenvalue weighted by Gasteiger charge is 2.30. The van der Waals surface area contributed by atoms with E-state index < -0.39 is 0 Å². The van der Waals surface area contributed by atoms with Crippen molar-refractivity contribution in [2.24, 2.45) is 5.73 Å². The number of carbonyl (C=O) groups excluding carboxylic acids is 1. The van der Waals surface area contributed by atoms with Crippen molar-refractivity contribution in [1.29, 1.82) is 0 Å². The molecule has 0 saturated heterocycles. The van der Waals surface area contributed by atoms with Gasteiger partial charge in [0, 0.05) is 98.9 Å². The number of benzene rings is 4. The summed E-state index contributed by atoms with van der Waals surface area (Å²) in [6.07, 6.45) is 13.8. The number of nitrogens with two attached hydrogens (primary N) is 1. The number of H-pyrrole nitrogens is 2. The number of Topliss-reactive ketones (excluding diaryl/α,β-unsaturated/α-hetero) is 1. The Morgan fingerprint density at radius 2 is 1.03 bits per heavy atom. The molecule has 4 aromatic carbocycles. The third-order valence-electron chi connectivity index (χ3n) is 12.8. The molecular formula is C54H54Cl2F2N10O. The highest BCUT2D eigenvalue weighted by Crippen LogP contribution is 2.42. The van der Waals surface area contributed by atoms with Gasteiger partial charge in [-0.15, -0.1) is 0 Å². The number of aromatic nitrogens is 8. The summed E-state index contributed by atoms with van der Waals surface area (Å²) in [5, 5.41) is 21.0. The molecule has 0 amide bonds. The SMILES string of the molecule is CC(N)c1ccc(F)cc1.CC(NC1CCC(c2[nH]nc(-c3ccc(Cl)cc3)c2-c2ccncn2)CC1)c1ccc(F)cc1.O=C1CCC(c2[nH]nc(-c3ccc(Cl)cc3)c2-c2ccncn2)CC1. The summed E-state index contributed by atoms with van der Waals surface area (Å²) >= 11 is 12.1. The summed E-state index contributed by atoms with van der Waals surface area (Å²) in [7, 11) is 0. The van der Waals surface area contributed by atoms with Crippen molar-refractivity contribution in [3.05, 3.63) is 178 Å². The Labute approximate surface area is 410 Å². The predicted molar refractivity (Wildman–Crippen MR) is 268 cm³/mol. The lowest BCUT2D eigenvalue weighted by Gasteiger charge is -2.31. The summed E-state index contributed by atoms with van der Waals surface area (Å²) in [6, 6.07) is 32.8. The molecule has 0 radical (unpaired) electrons. The second-order valence-corrected chi connectivity index (χ2v) is 18.4. The van der Waals surface area contributed by atoms with E-state index in [0.717, 1.165) is 106 Å². The molecule has 8 aromatic rings. The van der Waals surface area contributed by atoms with Gasteiger partial charge in [-0.3, -0.25) is 15.0 Å². The van der Waals surface area contributed by atoms with Crippen LogP contribution in [0.5, 0.6) is 0 Å². The second-order valence-electron chi connectivity index (χ2n) is 17.6. The van der Waals surface area contributed by atoms with E-state index in [1.54, 1.807) is 37.2 Å². The molecule has 15 heteroatoms. The fourth-order valence-corrected chi connectivity index (χ4v) is 9.33. The molecular weight excluding hydrogens is 914 g/mol. The van der Waals surface area contributed by atoms with Crippen molar-refractivity contribution in [2.75, 3.05) is 0 Å². The first-order valence-electron chi connectivity index (χ1n) is 23.3. The van der Waals surface area contributed by atoms with Gasteiger partial charge in [0.05, 0.1) is 11.4 Å². The largest absolute Gasteiger partial charge is 0.324 e. The van der Waals surface area contributed by atoms with Crippen LogP contribution in [0.15, 0.2) is 134 Å². The lowest BCUT2D eigenvalue weighted by Crippen LogP contribution is -2.34. The molecule has 2 fully saturated rings. The van der Waals surface area contributed by atoms with E-state index in [-0.39, 0.29) is 29.6 Å². The molecule has 5 N–H and O–H groups in total. The normalized spacial score (nSPS) is 16.9. The lowest BCUT2D eigenvalue weighted by atomic mass is 9.81. The van der Waals surface area contributed by atoms with Crippen molar-refractivity contribution in [3.8, 4) is 45.0 Å². The topological polar surface area (TPSA) is 164 Å². The molecule has 4 heterocycles. The van der Waals surface area contributed by atoms with E-state index in [2.05, 4.69) is 47.5 Å². The van der Waals surface area contributed by atoms with E-state index in [1.165, 1.54) is 24.3 Å². The van der Waals surface area contributed by atoms with Crippen molar-refractivity contribution in [3.63, 3.8) is 0 Å². The average Bonchev–Trinajstić information content (AvgIpc) is 4.03. The maximum absolute atomic E-state index is 13.3. The van der Waals surface area contributed by atoms with Crippen LogP contribution in [0.4, 0.5) is 8.78 Å². The summed E-state index contributed by atoms with van der Waals surface area (Å²) in [5.41, 5.74) is 17.2. The number of rotatable bonds is 10. The molecule has 2 aliphatic rings. The van der Waals surface area contributed by atoms with E-state index in [4.69, 9.17) is 34.0 Å². The van der Waals surface area contributed by atoms with Crippen molar-refractivity contribution in [2.45, 2.75) is 95.2 Å². The number of hydrogen-bond acceptors (Lipinski definition) is 9. The summed E-state index contributed by atoms with van der Waals surface area (Å²) in [6.45, 7) is 4.01. The molecule has 2 aliphatic carbocycles. The van der Waals surface area contributed by atoms with E-state index in [9.17, 15) is 13.6 Å². The van der Waals surface area contributed by atoms with Crippen LogP contribution in [0, 0.1) is 11.6 Å². The second kappa shape index (κ2) is 23.2. The van der Waals surface area contributed by atoms with Gasteiger partial charge in [0.15, 0.2) is 0 Å². The minimum absolute atomic E-state index is 0.0133. The van der Waals surface area contributed by atoms with Crippen molar-refractivity contribution >= 4 is 29.0 Å². The van der Waals surface area contributed by atoms with Crippen LogP contribution in [0.2, 0.25) is 10.0 Å². The minimum Gasteiger partial charge on any atom is -0.324 e. The highest BCUT2D eigenvalue weighted by atomic mass is 35.5. The van der Waals surface area contributed by atoms with Crippen LogP contribution in [-0.4, -0.2) is 52.2 Å². The Morgan fingerprint density at radius 3 is 1.45 bits per heavy atom. The van der Waals surface area contributed by atoms with Crippen LogP contribution >= 0.6 is 23.2 Å². The van der Waals surface area contributed by atoms with Crippen molar-refractivity contribution in [1.82, 2.24) is 45.6 Å². The van der Waals surface area contributed by atoms with Crippen LogP contribution in [0.3, 0.4) is 0 Å². The first-order chi connectivity index (χ1) is 33.5. The first-order valence-corrected chi connectivity index (χ1v) is 24.0. The van der Waals surface area contributed by atoms with Gasteiger partial charge < -0.3 is 11.1 Å². The van der Waals surface area contributed by atoms with Gasteiger partial charge in [0.1, 0.15) is 41.5 Å². The summed E-state index contributed by atoms with van der Waals surface area (Å²) < 4.78 is 25.6. The van der Waals surface area contributed by atoms with Gasteiger partial charge >= 0.3 is 0 Å². The molecule has 10 rings (SSSR count). The van der Waals surface area contributed by atoms with Crippen LogP contribution in [-0.2, 0) is 4.79 Å². The predicted octanol–water partition coefficient (Wildman–Crippen LogP) is 13.0. The average molecular weight is 968 g/mol. The first kappa shape index (κ1) is 48.9. The third-order valence-corrected chi connectivity index (χ3v) is 13.3. The molecule has 69 heavy (non-hydrogen) atoms. The Bertz CT molecular complexity index is 2860. The fourth-order valence-electron chi connectivity index (χ4n) is 9.08.